The minimum atomic E-state index is 0.668. The molecule has 0 bridgehead atoms. The average molecular weight is 674 g/mol. The first-order valence-corrected chi connectivity index (χ1v) is 18.2. The van der Waals surface area contributed by atoms with Gasteiger partial charge in [-0.05, 0) is 52.6 Å². The van der Waals surface area contributed by atoms with E-state index in [1.54, 1.807) is 22.7 Å². The highest BCUT2D eigenvalue weighted by Gasteiger charge is 2.18. The van der Waals surface area contributed by atoms with Gasteiger partial charge in [-0.1, -0.05) is 133 Å². The van der Waals surface area contributed by atoms with Crippen molar-refractivity contribution in [1.82, 2.24) is 15.0 Å². The molecule has 10 rings (SSSR count). The van der Waals surface area contributed by atoms with Crippen LogP contribution >= 0.6 is 22.7 Å². The molecule has 0 aliphatic heterocycles. The standard InChI is InChI=1S/C45H27N3S2/c1-3-10-28(11-4-1)29-18-20-30(21-19-29)32-23-25-40-38(26-32)36-15-9-16-37(42(36)50-40)45-47-43(31-12-5-2-6-13-31)46-44(48-45)33-22-24-35-34-14-7-8-17-39(34)49-41(35)27-33/h1-27H. The van der Waals surface area contributed by atoms with Gasteiger partial charge in [-0.15, -0.1) is 22.7 Å². The molecule has 10 aromatic rings. The zero-order chi connectivity index (χ0) is 33.0. The van der Waals surface area contributed by atoms with E-state index < -0.39 is 0 Å². The zero-order valence-corrected chi connectivity index (χ0v) is 28.4. The molecule has 0 atom stereocenters. The van der Waals surface area contributed by atoms with E-state index in [9.17, 15) is 0 Å². The summed E-state index contributed by atoms with van der Waals surface area (Å²) in [4.78, 5) is 15.3. The van der Waals surface area contributed by atoms with E-state index in [-0.39, 0.29) is 0 Å². The topological polar surface area (TPSA) is 38.7 Å². The molecule has 50 heavy (non-hydrogen) atoms. The fourth-order valence-corrected chi connectivity index (χ4v) is 9.18. The van der Waals surface area contributed by atoms with Crippen molar-refractivity contribution in [2.45, 2.75) is 0 Å². The van der Waals surface area contributed by atoms with Crippen molar-refractivity contribution < 1.29 is 0 Å². The Balaban J connectivity index is 1.10. The maximum Gasteiger partial charge on any atom is 0.165 e. The summed E-state index contributed by atoms with van der Waals surface area (Å²) in [5.41, 5.74) is 7.81. The molecular weight excluding hydrogens is 647 g/mol. The van der Waals surface area contributed by atoms with Crippen molar-refractivity contribution in [2.24, 2.45) is 0 Å². The number of aromatic nitrogens is 3. The van der Waals surface area contributed by atoms with Gasteiger partial charge in [0, 0.05) is 57.0 Å². The minimum absolute atomic E-state index is 0.668. The fourth-order valence-electron chi connectivity index (χ4n) is 6.85. The smallest absolute Gasteiger partial charge is 0.165 e. The van der Waals surface area contributed by atoms with E-state index >= 15 is 0 Å². The predicted molar refractivity (Wildman–Crippen MR) is 213 cm³/mol. The van der Waals surface area contributed by atoms with Gasteiger partial charge in [0.05, 0.1) is 0 Å². The van der Waals surface area contributed by atoms with Crippen LogP contribution < -0.4 is 0 Å². The Kier molecular flexibility index (Phi) is 6.86. The molecule has 0 radical (unpaired) electrons. The summed E-state index contributed by atoms with van der Waals surface area (Å²) in [6.45, 7) is 0. The molecule has 5 heteroatoms. The van der Waals surface area contributed by atoms with Crippen LogP contribution in [0.3, 0.4) is 0 Å². The van der Waals surface area contributed by atoms with Crippen LogP contribution in [0.4, 0.5) is 0 Å². The average Bonchev–Trinajstić information content (AvgIpc) is 3.76. The van der Waals surface area contributed by atoms with Gasteiger partial charge in [-0.3, -0.25) is 0 Å². The van der Waals surface area contributed by atoms with Crippen LogP contribution in [0, 0.1) is 0 Å². The number of thiophene rings is 2. The van der Waals surface area contributed by atoms with Gasteiger partial charge < -0.3 is 0 Å². The summed E-state index contributed by atoms with van der Waals surface area (Å²) in [6.07, 6.45) is 0. The van der Waals surface area contributed by atoms with Gasteiger partial charge in [0.1, 0.15) is 0 Å². The van der Waals surface area contributed by atoms with Crippen molar-refractivity contribution in [3.8, 4) is 56.4 Å². The first kappa shape index (κ1) is 29.0. The van der Waals surface area contributed by atoms with Gasteiger partial charge in [-0.25, -0.2) is 15.0 Å². The molecule has 0 unspecified atom stereocenters. The van der Waals surface area contributed by atoms with Crippen LogP contribution in [0.5, 0.6) is 0 Å². The number of hydrogen-bond acceptors (Lipinski definition) is 5. The third kappa shape index (κ3) is 4.98. The molecule has 0 saturated heterocycles. The third-order valence-corrected chi connectivity index (χ3v) is 11.7. The zero-order valence-electron chi connectivity index (χ0n) is 26.7. The van der Waals surface area contributed by atoms with Crippen molar-refractivity contribution in [3.63, 3.8) is 0 Å². The summed E-state index contributed by atoms with van der Waals surface area (Å²) < 4.78 is 4.92. The van der Waals surface area contributed by atoms with Crippen LogP contribution in [0.2, 0.25) is 0 Å². The lowest BCUT2D eigenvalue weighted by Crippen LogP contribution is -2.00. The first-order valence-electron chi connectivity index (χ1n) is 16.6. The second-order valence-electron chi connectivity index (χ2n) is 12.4. The normalized spacial score (nSPS) is 11.6. The largest absolute Gasteiger partial charge is 0.208 e. The minimum Gasteiger partial charge on any atom is -0.208 e. The van der Waals surface area contributed by atoms with Gasteiger partial charge >= 0.3 is 0 Å². The molecule has 0 spiro atoms. The van der Waals surface area contributed by atoms with E-state index in [1.807, 2.05) is 18.2 Å². The van der Waals surface area contributed by atoms with Crippen molar-refractivity contribution in [1.29, 1.82) is 0 Å². The Hall–Kier alpha value is -6.01. The Morgan fingerprint density at radius 1 is 0.300 bits per heavy atom. The maximum absolute atomic E-state index is 5.17. The molecule has 0 fully saturated rings. The van der Waals surface area contributed by atoms with Crippen LogP contribution in [-0.2, 0) is 0 Å². The van der Waals surface area contributed by atoms with E-state index in [2.05, 4.69) is 146 Å². The lowest BCUT2D eigenvalue weighted by atomic mass is 9.99. The van der Waals surface area contributed by atoms with Crippen molar-refractivity contribution in [2.75, 3.05) is 0 Å². The highest BCUT2D eigenvalue weighted by atomic mass is 32.1. The summed E-state index contributed by atoms with van der Waals surface area (Å²) >= 11 is 3.60. The number of rotatable bonds is 5. The summed E-state index contributed by atoms with van der Waals surface area (Å²) in [7, 11) is 0. The van der Waals surface area contributed by atoms with Crippen LogP contribution in [0.15, 0.2) is 164 Å². The quantitative estimate of drug-likeness (QED) is 0.182. The molecule has 0 N–H and O–H groups in total. The lowest BCUT2D eigenvalue weighted by Gasteiger charge is -2.09. The molecule has 3 aromatic heterocycles. The second kappa shape index (κ2) is 11.8. The molecule has 0 amide bonds. The van der Waals surface area contributed by atoms with Crippen LogP contribution in [-0.4, -0.2) is 15.0 Å². The molecule has 3 heterocycles. The van der Waals surface area contributed by atoms with E-state index in [0.717, 1.165) is 16.7 Å². The number of hydrogen-bond donors (Lipinski definition) is 0. The van der Waals surface area contributed by atoms with Gasteiger partial charge in [-0.2, -0.15) is 0 Å². The van der Waals surface area contributed by atoms with Crippen molar-refractivity contribution in [3.05, 3.63) is 164 Å². The SMILES string of the molecule is c1ccc(-c2ccc(-c3ccc4sc5c(-c6nc(-c7ccccc7)nc(-c7ccc8c(c7)sc7ccccc78)n6)cccc5c4c3)cc2)cc1. The monoisotopic (exact) mass is 673 g/mol. The van der Waals surface area contributed by atoms with Gasteiger partial charge in [0.15, 0.2) is 17.5 Å². The third-order valence-electron chi connectivity index (χ3n) is 9.37. The number of benzene rings is 7. The highest BCUT2D eigenvalue weighted by Crippen LogP contribution is 2.42. The summed E-state index contributed by atoms with van der Waals surface area (Å²) in [5, 5.41) is 4.99. The van der Waals surface area contributed by atoms with Gasteiger partial charge in [0.25, 0.3) is 0 Å². The predicted octanol–water partition coefficient (Wildman–Crippen LogP) is 12.9. The molecule has 7 aromatic carbocycles. The molecule has 3 nitrogen and oxygen atoms in total. The Labute approximate surface area is 296 Å². The van der Waals surface area contributed by atoms with E-state index in [4.69, 9.17) is 15.0 Å². The fraction of sp³-hybridized carbons (Fsp3) is 0. The number of fused-ring (bicyclic) bond motifs is 6. The Morgan fingerprint density at radius 3 is 1.66 bits per heavy atom. The highest BCUT2D eigenvalue weighted by molar-refractivity contribution is 7.26. The van der Waals surface area contributed by atoms with Crippen LogP contribution in [0.25, 0.3) is 96.8 Å². The van der Waals surface area contributed by atoms with Crippen molar-refractivity contribution >= 4 is 63.0 Å². The first-order chi connectivity index (χ1) is 24.7. The molecule has 0 saturated carbocycles. The summed E-state index contributed by atoms with van der Waals surface area (Å²) in [6, 6.07) is 58.0. The van der Waals surface area contributed by atoms with E-state index in [1.165, 1.54) is 62.6 Å². The van der Waals surface area contributed by atoms with Crippen LogP contribution in [0.1, 0.15) is 0 Å². The lowest BCUT2D eigenvalue weighted by molar-refractivity contribution is 1.08. The second-order valence-corrected chi connectivity index (χ2v) is 14.6. The summed E-state index contributed by atoms with van der Waals surface area (Å²) in [5.74, 6) is 2.02. The van der Waals surface area contributed by atoms with Gasteiger partial charge in [0.2, 0.25) is 0 Å². The van der Waals surface area contributed by atoms with E-state index in [0.29, 0.717) is 17.5 Å². The Bertz CT molecular complexity index is 2850. The molecule has 234 valence electrons. The molecule has 0 aliphatic rings. The number of nitrogens with zero attached hydrogens (tertiary/aromatic N) is 3. The molecular formula is C45H27N3S2. The maximum atomic E-state index is 5.17. The Morgan fingerprint density at radius 2 is 0.860 bits per heavy atom. The molecule has 0 aliphatic carbocycles.